The maximum atomic E-state index is 11.4. The number of rotatable bonds is 3. The molecule has 2 aromatic heterocycles. The monoisotopic (exact) mass is 222 g/mol. The average Bonchev–Trinajstić information content (AvgIpc) is 2.77. The molecule has 0 aliphatic rings. The molecule has 0 aliphatic carbocycles. The second kappa shape index (κ2) is 3.86. The van der Waals surface area contributed by atoms with Gasteiger partial charge >= 0.3 is 5.97 Å². The SMILES string of the molecule is C=C(C(=O)OCC)c1ncc2sccn12. The minimum Gasteiger partial charge on any atom is -0.462 e. The molecule has 0 saturated carbocycles. The van der Waals surface area contributed by atoms with E-state index in [4.69, 9.17) is 4.74 Å². The van der Waals surface area contributed by atoms with E-state index in [1.165, 1.54) is 0 Å². The zero-order valence-electron chi connectivity index (χ0n) is 8.27. The first-order valence-electron chi connectivity index (χ1n) is 4.51. The van der Waals surface area contributed by atoms with Crippen LogP contribution in [-0.2, 0) is 9.53 Å². The quantitative estimate of drug-likeness (QED) is 0.589. The summed E-state index contributed by atoms with van der Waals surface area (Å²) in [6, 6.07) is 0. The maximum absolute atomic E-state index is 11.4. The zero-order chi connectivity index (χ0) is 10.8. The summed E-state index contributed by atoms with van der Waals surface area (Å²) in [5.41, 5.74) is 0.287. The highest BCUT2D eigenvalue weighted by Crippen LogP contribution is 2.18. The molecule has 5 heteroatoms. The van der Waals surface area contributed by atoms with E-state index in [9.17, 15) is 4.79 Å². The Morgan fingerprint density at radius 1 is 1.73 bits per heavy atom. The van der Waals surface area contributed by atoms with E-state index >= 15 is 0 Å². The first-order valence-corrected chi connectivity index (χ1v) is 5.39. The number of hydrogen-bond acceptors (Lipinski definition) is 4. The predicted octanol–water partition coefficient (Wildman–Crippen LogP) is 1.97. The van der Waals surface area contributed by atoms with Crippen molar-refractivity contribution >= 4 is 27.7 Å². The second-order valence-corrected chi connectivity index (χ2v) is 3.82. The summed E-state index contributed by atoms with van der Waals surface area (Å²) in [6.07, 6.45) is 3.57. The van der Waals surface area contributed by atoms with Gasteiger partial charge in [0.05, 0.1) is 18.4 Å². The van der Waals surface area contributed by atoms with E-state index in [-0.39, 0.29) is 5.57 Å². The Bertz CT molecular complexity index is 512. The number of aromatic nitrogens is 2. The highest BCUT2D eigenvalue weighted by atomic mass is 32.1. The van der Waals surface area contributed by atoms with Crippen molar-refractivity contribution in [3.8, 4) is 0 Å². The lowest BCUT2D eigenvalue weighted by Crippen LogP contribution is -2.08. The van der Waals surface area contributed by atoms with Crippen LogP contribution < -0.4 is 0 Å². The van der Waals surface area contributed by atoms with Gasteiger partial charge in [0.1, 0.15) is 4.83 Å². The van der Waals surface area contributed by atoms with Crippen LogP contribution in [0, 0.1) is 0 Å². The lowest BCUT2D eigenvalue weighted by atomic mass is 10.3. The van der Waals surface area contributed by atoms with Gasteiger partial charge in [0.25, 0.3) is 0 Å². The highest BCUT2D eigenvalue weighted by Gasteiger charge is 2.15. The molecule has 15 heavy (non-hydrogen) atoms. The average molecular weight is 222 g/mol. The fourth-order valence-corrected chi connectivity index (χ4v) is 1.97. The predicted molar refractivity (Wildman–Crippen MR) is 58.7 cm³/mol. The normalized spacial score (nSPS) is 10.5. The Labute approximate surface area is 90.8 Å². The molecule has 0 N–H and O–H groups in total. The molecular weight excluding hydrogens is 212 g/mol. The van der Waals surface area contributed by atoms with Gasteiger partial charge in [-0.1, -0.05) is 6.58 Å². The largest absolute Gasteiger partial charge is 0.462 e. The summed E-state index contributed by atoms with van der Waals surface area (Å²) in [6.45, 7) is 5.80. The molecule has 78 valence electrons. The topological polar surface area (TPSA) is 43.6 Å². The number of esters is 1. The van der Waals surface area contributed by atoms with Gasteiger partial charge in [-0.2, -0.15) is 0 Å². The van der Waals surface area contributed by atoms with Crippen molar-refractivity contribution < 1.29 is 9.53 Å². The van der Waals surface area contributed by atoms with Gasteiger partial charge in [-0.25, -0.2) is 9.78 Å². The number of imidazole rings is 1. The molecule has 0 aromatic carbocycles. The number of carbonyl (C=O) groups excluding carboxylic acids is 1. The molecule has 0 saturated heterocycles. The Morgan fingerprint density at radius 2 is 2.53 bits per heavy atom. The molecule has 0 amide bonds. The van der Waals surface area contributed by atoms with Gasteiger partial charge < -0.3 is 4.74 Å². The second-order valence-electron chi connectivity index (χ2n) is 2.89. The Morgan fingerprint density at radius 3 is 3.27 bits per heavy atom. The van der Waals surface area contributed by atoms with Gasteiger partial charge in [-0.05, 0) is 6.92 Å². The van der Waals surface area contributed by atoms with Crippen LogP contribution in [-0.4, -0.2) is 22.0 Å². The number of fused-ring (bicyclic) bond motifs is 1. The minimum absolute atomic E-state index is 0.287. The van der Waals surface area contributed by atoms with E-state index in [0.717, 1.165) is 4.83 Å². The van der Waals surface area contributed by atoms with Crippen LogP contribution in [0.2, 0.25) is 0 Å². The van der Waals surface area contributed by atoms with Crippen molar-refractivity contribution in [3.05, 3.63) is 30.2 Å². The molecule has 2 rings (SSSR count). The molecule has 0 bridgehead atoms. The Balaban J connectivity index is 2.35. The van der Waals surface area contributed by atoms with Crippen molar-refractivity contribution in [2.45, 2.75) is 6.92 Å². The Kier molecular flexibility index (Phi) is 2.55. The van der Waals surface area contributed by atoms with Crippen LogP contribution in [0.3, 0.4) is 0 Å². The molecule has 0 atom stereocenters. The highest BCUT2D eigenvalue weighted by molar-refractivity contribution is 7.15. The standard InChI is InChI=1S/C10H10N2O2S/c1-3-14-10(13)7(2)9-11-6-8-12(9)4-5-15-8/h4-6H,2-3H2,1H3. The number of ether oxygens (including phenoxy) is 1. The van der Waals surface area contributed by atoms with Crippen molar-refractivity contribution in [1.82, 2.24) is 9.38 Å². The molecule has 0 aliphatic heterocycles. The first kappa shape index (κ1) is 9.92. The fraction of sp³-hybridized carbons (Fsp3) is 0.200. The summed E-state index contributed by atoms with van der Waals surface area (Å²) in [5, 5.41) is 1.93. The molecule has 2 aromatic rings. The smallest absolute Gasteiger partial charge is 0.341 e. The van der Waals surface area contributed by atoms with E-state index in [0.29, 0.717) is 12.4 Å². The van der Waals surface area contributed by atoms with E-state index < -0.39 is 5.97 Å². The fourth-order valence-electron chi connectivity index (χ4n) is 1.27. The van der Waals surface area contributed by atoms with Crippen molar-refractivity contribution in [2.24, 2.45) is 0 Å². The molecular formula is C10H10N2O2S. The van der Waals surface area contributed by atoms with Crippen LogP contribution >= 0.6 is 11.3 Å². The van der Waals surface area contributed by atoms with Crippen LogP contribution in [0.5, 0.6) is 0 Å². The lowest BCUT2D eigenvalue weighted by molar-refractivity contribution is -0.136. The molecule has 0 radical (unpaired) electrons. The van der Waals surface area contributed by atoms with E-state index in [1.807, 2.05) is 16.0 Å². The van der Waals surface area contributed by atoms with E-state index in [1.54, 1.807) is 24.5 Å². The first-order chi connectivity index (χ1) is 7.24. The van der Waals surface area contributed by atoms with Gasteiger partial charge in [0.15, 0.2) is 5.82 Å². The van der Waals surface area contributed by atoms with Crippen LogP contribution in [0.1, 0.15) is 12.7 Å². The van der Waals surface area contributed by atoms with Gasteiger partial charge in [0.2, 0.25) is 0 Å². The van der Waals surface area contributed by atoms with Crippen molar-refractivity contribution in [2.75, 3.05) is 6.61 Å². The molecule has 4 nitrogen and oxygen atoms in total. The number of hydrogen-bond donors (Lipinski definition) is 0. The third-order valence-electron chi connectivity index (χ3n) is 1.95. The van der Waals surface area contributed by atoms with Crippen LogP contribution in [0.25, 0.3) is 10.4 Å². The van der Waals surface area contributed by atoms with E-state index in [2.05, 4.69) is 11.6 Å². The number of thiazole rings is 1. The molecule has 0 spiro atoms. The van der Waals surface area contributed by atoms with Crippen molar-refractivity contribution in [3.63, 3.8) is 0 Å². The summed E-state index contributed by atoms with van der Waals surface area (Å²) in [5.74, 6) is 0.126. The van der Waals surface area contributed by atoms with Gasteiger partial charge in [-0.3, -0.25) is 4.40 Å². The lowest BCUT2D eigenvalue weighted by Gasteiger charge is -2.02. The molecule has 0 fully saturated rings. The van der Waals surface area contributed by atoms with Crippen LogP contribution in [0.4, 0.5) is 0 Å². The summed E-state index contributed by atoms with van der Waals surface area (Å²) >= 11 is 1.56. The van der Waals surface area contributed by atoms with Crippen LogP contribution in [0.15, 0.2) is 24.4 Å². The number of carbonyl (C=O) groups is 1. The minimum atomic E-state index is -0.420. The molecule has 0 unspecified atom stereocenters. The number of nitrogens with zero attached hydrogens (tertiary/aromatic N) is 2. The summed E-state index contributed by atoms with van der Waals surface area (Å²) < 4.78 is 6.69. The molecule has 2 heterocycles. The zero-order valence-corrected chi connectivity index (χ0v) is 9.08. The maximum Gasteiger partial charge on any atom is 0.341 e. The Hall–Kier alpha value is -1.62. The third kappa shape index (κ3) is 1.66. The van der Waals surface area contributed by atoms with Crippen molar-refractivity contribution in [1.29, 1.82) is 0 Å². The van der Waals surface area contributed by atoms with Gasteiger partial charge in [0, 0.05) is 11.6 Å². The van der Waals surface area contributed by atoms with Gasteiger partial charge in [-0.15, -0.1) is 11.3 Å². The summed E-state index contributed by atoms with van der Waals surface area (Å²) in [4.78, 5) is 16.5. The third-order valence-corrected chi connectivity index (χ3v) is 2.75. The summed E-state index contributed by atoms with van der Waals surface area (Å²) in [7, 11) is 0.